The Morgan fingerprint density at radius 1 is 1.48 bits per heavy atom. The monoisotopic (exact) mass is 361 g/mol. The van der Waals surface area contributed by atoms with Crippen LogP contribution in [0.4, 0.5) is 16.4 Å². The standard InChI is InChI=1S/C10H12N4O3S.C2H6S.CH5N/c1-11-8-9(18-5-3-15)12-6-7(13-8)14-2-4-17-10(14)16;1-3-2;1-2/h3,6H,2,4-5H2,1H3,(H,11,13);1-2H3;2H2,1H3. The van der Waals surface area contributed by atoms with E-state index in [0.717, 1.165) is 6.29 Å². The van der Waals surface area contributed by atoms with E-state index < -0.39 is 6.09 Å². The minimum absolute atomic E-state index is 0.314. The quantitative estimate of drug-likeness (QED) is 0.592. The summed E-state index contributed by atoms with van der Waals surface area (Å²) in [5, 5.41) is 3.52. The molecule has 3 N–H and O–H groups in total. The van der Waals surface area contributed by atoms with Crippen LogP contribution in [0.25, 0.3) is 0 Å². The van der Waals surface area contributed by atoms with Gasteiger partial charge in [0.25, 0.3) is 0 Å². The molecule has 1 aromatic rings. The van der Waals surface area contributed by atoms with Crippen LogP contribution >= 0.6 is 23.5 Å². The van der Waals surface area contributed by atoms with Crippen LogP contribution < -0.4 is 16.0 Å². The summed E-state index contributed by atoms with van der Waals surface area (Å²) in [6.07, 6.45) is 5.97. The minimum atomic E-state index is -0.417. The van der Waals surface area contributed by atoms with Gasteiger partial charge in [0.2, 0.25) is 0 Å². The number of thioether (sulfide) groups is 2. The van der Waals surface area contributed by atoms with Gasteiger partial charge in [-0.3, -0.25) is 4.90 Å². The average Bonchev–Trinajstić information content (AvgIpc) is 3.01. The fourth-order valence-electron chi connectivity index (χ4n) is 1.48. The zero-order valence-corrected chi connectivity index (χ0v) is 15.4. The average molecular weight is 361 g/mol. The molecule has 0 saturated carbocycles. The molecule has 1 fully saturated rings. The number of carbonyl (C=O) groups excluding carboxylic acids is 2. The van der Waals surface area contributed by atoms with E-state index in [2.05, 4.69) is 21.0 Å². The summed E-state index contributed by atoms with van der Waals surface area (Å²) in [7, 11) is 3.21. The molecule has 10 heteroatoms. The fraction of sp³-hybridized carbons (Fsp3) is 0.538. The maximum Gasteiger partial charge on any atom is 0.415 e. The molecule has 1 amide bonds. The highest BCUT2D eigenvalue weighted by Crippen LogP contribution is 2.25. The summed E-state index contributed by atoms with van der Waals surface area (Å²) in [4.78, 5) is 31.6. The normalized spacial score (nSPS) is 12.4. The number of nitrogens with two attached hydrogens (primary N) is 1. The van der Waals surface area contributed by atoms with Crippen LogP contribution in [0, 0.1) is 0 Å². The molecular weight excluding hydrogens is 338 g/mol. The first-order valence-electron chi connectivity index (χ1n) is 6.71. The second kappa shape index (κ2) is 13.0. The Morgan fingerprint density at radius 3 is 2.61 bits per heavy atom. The molecule has 0 aliphatic carbocycles. The summed E-state index contributed by atoms with van der Waals surface area (Å²) in [6, 6.07) is 0. The Labute approximate surface area is 144 Å². The molecule has 8 nitrogen and oxygen atoms in total. The van der Waals surface area contributed by atoms with Crippen LogP contribution in [0.2, 0.25) is 0 Å². The van der Waals surface area contributed by atoms with Crippen molar-refractivity contribution < 1.29 is 14.3 Å². The van der Waals surface area contributed by atoms with Gasteiger partial charge in [-0.05, 0) is 19.6 Å². The van der Waals surface area contributed by atoms with E-state index in [0.29, 0.717) is 35.6 Å². The predicted molar refractivity (Wildman–Crippen MR) is 96.6 cm³/mol. The zero-order valence-electron chi connectivity index (χ0n) is 13.7. The first-order chi connectivity index (χ1) is 11.2. The van der Waals surface area contributed by atoms with Crippen molar-refractivity contribution in [1.82, 2.24) is 9.97 Å². The topological polar surface area (TPSA) is 110 Å². The third kappa shape index (κ3) is 7.06. The van der Waals surface area contributed by atoms with E-state index in [1.807, 2.05) is 12.5 Å². The molecule has 0 radical (unpaired) electrons. The maximum atomic E-state index is 11.4. The first kappa shape index (κ1) is 21.5. The highest BCUT2D eigenvalue weighted by Gasteiger charge is 2.25. The van der Waals surface area contributed by atoms with Crippen LogP contribution in [0.1, 0.15) is 0 Å². The molecule has 1 aromatic heterocycles. The van der Waals surface area contributed by atoms with Crippen molar-refractivity contribution in [2.75, 3.05) is 55.7 Å². The molecule has 0 aromatic carbocycles. The SMILES string of the molecule is CN.CNc1nc(N2CCOC2=O)cnc1SCC=O.CSC. The number of nitrogens with one attached hydrogen (secondary N) is 1. The summed E-state index contributed by atoms with van der Waals surface area (Å²) in [6.45, 7) is 0.828. The van der Waals surface area contributed by atoms with Gasteiger partial charge >= 0.3 is 6.09 Å². The van der Waals surface area contributed by atoms with Crippen LogP contribution in [-0.4, -0.2) is 67.9 Å². The minimum Gasteiger partial charge on any atom is -0.447 e. The molecule has 0 unspecified atom stereocenters. The summed E-state index contributed by atoms with van der Waals surface area (Å²) < 4.78 is 4.84. The highest BCUT2D eigenvalue weighted by atomic mass is 32.2. The Balaban J connectivity index is 0.000000868. The van der Waals surface area contributed by atoms with Crippen molar-refractivity contribution in [3.05, 3.63) is 6.20 Å². The number of nitrogens with zero attached hydrogens (tertiary/aromatic N) is 3. The third-order valence-corrected chi connectivity index (χ3v) is 3.16. The lowest BCUT2D eigenvalue weighted by Crippen LogP contribution is -2.25. The number of aromatic nitrogens is 2. The molecule has 0 spiro atoms. The highest BCUT2D eigenvalue weighted by molar-refractivity contribution is 8.00. The summed E-state index contributed by atoms with van der Waals surface area (Å²) in [5.41, 5.74) is 4.50. The second-order valence-electron chi connectivity index (χ2n) is 3.78. The number of hydrogen-bond acceptors (Lipinski definition) is 9. The van der Waals surface area contributed by atoms with Crippen molar-refractivity contribution >= 4 is 47.5 Å². The van der Waals surface area contributed by atoms with Gasteiger partial charge in [-0.1, -0.05) is 11.8 Å². The lowest BCUT2D eigenvalue weighted by Gasteiger charge is -2.13. The predicted octanol–water partition coefficient (Wildman–Crippen LogP) is 1.32. The van der Waals surface area contributed by atoms with Crippen LogP contribution in [0.5, 0.6) is 0 Å². The van der Waals surface area contributed by atoms with Crippen molar-refractivity contribution in [1.29, 1.82) is 0 Å². The maximum absolute atomic E-state index is 11.4. The van der Waals surface area contributed by atoms with E-state index in [4.69, 9.17) is 4.74 Å². The van der Waals surface area contributed by atoms with E-state index in [9.17, 15) is 9.59 Å². The van der Waals surface area contributed by atoms with Crippen molar-refractivity contribution in [3.8, 4) is 0 Å². The lowest BCUT2D eigenvalue weighted by molar-refractivity contribution is -0.105. The van der Waals surface area contributed by atoms with Gasteiger partial charge in [-0.25, -0.2) is 14.8 Å². The number of aldehydes is 1. The van der Waals surface area contributed by atoms with Gasteiger partial charge in [0.05, 0.1) is 18.5 Å². The van der Waals surface area contributed by atoms with Crippen LogP contribution in [-0.2, 0) is 9.53 Å². The summed E-state index contributed by atoms with van der Waals surface area (Å²) >= 11 is 3.03. The zero-order chi connectivity index (χ0) is 17.7. The Hall–Kier alpha value is -1.52. The second-order valence-corrected chi connectivity index (χ2v) is 5.61. The Bertz CT molecular complexity index is 491. The summed E-state index contributed by atoms with van der Waals surface area (Å²) in [5.74, 6) is 1.30. The molecular formula is C13H23N5O3S2. The van der Waals surface area contributed by atoms with E-state index in [1.54, 1.807) is 18.8 Å². The number of carbonyl (C=O) groups is 2. The fourth-order valence-corrected chi connectivity index (χ4v) is 2.12. The molecule has 1 saturated heterocycles. The molecule has 0 atom stereocenters. The van der Waals surface area contributed by atoms with Gasteiger partial charge < -0.3 is 20.6 Å². The molecule has 2 heterocycles. The number of hydrogen-bond donors (Lipinski definition) is 2. The number of rotatable bonds is 5. The Kier molecular flexibility index (Phi) is 12.1. The molecule has 1 aliphatic rings. The number of amides is 1. The van der Waals surface area contributed by atoms with E-state index in [1.165, 1.54) is 29.9 Å². The Morgan fingerprint density at radius 2 is 2.13 bits per heavy atom. The number of anilines is 2. The third-order valence-electron chi connectivity index (χ3n) is 2.29. The largest absolute Gasteiger partial charge is 0.447 e. The van der Waals surface area contributed by atoms with Gasteiger partial charge in [-0.15, -0.1) is 0 Å². The van der Waals surface area contributed by atoms with Gasteiger partial charge in [0.15, 0.2) is 11.6 Å². The molecule has 1 aliphatic heterocycles. The lowest BCUT2D eigenvalue weighted by atomic mass is 10.5. The molecule has 23 heavy (non-hydrogen) atoms. The van der Waals surface area contributed by atoms with Gasteiger partial charge in [0.1, 0.15) is 17.9 Å². The molecule has 130 valence electrons. The van der Waals surface area contributed by atoms with E-state index in [-0.39, 0.29) is 0 Å². The first-order valence-corrected chi connectivity index (χ1v) is 9.33. The molecule has 2 rings (SSSR count). The van der Waals surface area contributed by atoms with Crippen molar-refractivity contribution in [2.24, 2.45) is 5.73 Å². The van der Waals surface area contributed by atoms with Gasteiger partial charge in [-0.2, -0.15) is 11.8 Å². The van der Waals surface area contributed by atoms with Crippen LogP contribution in [0.3, 0.4) is 0 Å². The van der Waals surface area contributed by atoms with E-state index >= 15 is 0 Å². The van der Waals surface area contributed by atoms with Crippen molar-refractivity contribution in [3.63, 3.8) is 0 Å². The van der Waals surface area contributed by atoms with Crippen molar-refractivity contribution in [2.45, 2.75) is 5.03 Å². The van der Waals surface area contributed by atoms with Crippen LogP contribution in [0.15, 0.2) is 11.2 Å². The molecule has 0 bridgehead atoms. The number of cyclic esters (lactones) is 1. The number of ether oxygens (including phenoxy) is 1. The smallest absolute Gasteiger partial charge is 0.415 e. The van der Waals surface area contributed by atoms with Gasteiger partial charge in [0, 0.05) is 7.05 Å².